The van der Waals surface area contributed by atoms with Gasteiger partial charge in [-0.15, -0.1) is 0 Å². The number of carboxylic acids is 1. The maximum atomic E-state index is 15.6. The Balaban J connectivity index is 1.53. The zero-order valence-corrected chi connectivity index (χ0v) is 23.7. The fourth-order valence-electron chi connectivity index (χ4n) is 5.24. The zero-order valence-electron chi connectivity index (χ0n) is 23.0. The van der Waals surface area contributed by atoms with Crippen LogP contribution in [0.25, 0.3) is 16.6 Å². The molecule has 11 heteroatoms. The average Bonchev–Trinajstić information content (AvgIpc) is 2.98. The second kappa shape index (κ2) is 12.2. The highest BCUT2D eigenvalue weighted by Crippen LogP contribution is 2.37. The number of carboxylic acid groups (broad SMARTS) is 1. The molecule has 0 saturated carbocycles. The lowest BCUT2D eigenvalue weighted by Gasteiger charge is -2.36. The maximum Gasteiger partial charge on any atom is 0.341 e. The molecule has 0 aliphatic carbocycles. The van der Waals surface area contributed by atoms with Gasteiger partial charge in [-0.1, -0.05) is 37.1 Å². The number of piperazine rings is 1. The van der Waals surface area contributed by atoms with E-state index in [2.05, 4.69) is 29.1 Å². The van der Waals surface area contributed by atoms with Gasteiger partial charge in [-0.25, -0.2) is 19.2 Å². The van der Waals surface area contributed by atoms with Crippen LogP contribution >= 0.6 is 11.6 Å². The van der Waals surface area contributed by atoms with Gasteiger partial charge < -0.3 is 24.8 Å². The lowest BCUT2D eigenvalue weighted by Crippen LogP contribution is -2.47. The second-order valence-corrected chi connectivity index (χ2v) is 10.6. The Bertz CT molecular complexity index is 1610. The monoisotopic (exact) mass is 578 g/mol. The smallest absolute Gasteiger partial charge is 0.341 e. The number of anilines is 2. The third-order valence-electron chi connectivity index (χ3n) is 7.41. The molecule has 2 aromatic carbocycles. The van der Waals surface area contributed by atoms with Crippen LogP contribution in [0.4, 0.5) is 16.0 Å². The molecule has 3 heterocycles. The highest BCUT2D eigenvalue weighted by atomic mass is 35.5. The van der Waals surface area contributed by atoms with Gasteiger partial charge in [0.2, 0.25) is 11.4 Å². The highest BCUT2D eigenvalue weighted by molar-refractivity contribution is 6.38. The number of fused-ring (bicyclic) bond motifs is 1. The number of aromatic nitrogens is 3. The standard InChI is InChI=1S/C30H32ClFN6O3/c1-3-5-19(2)35-17-20-6-8-21(9-7-20)38-18-23(29(40)41)28(39)22-16-24(32)27(25(31)26(22)38)36-12-14-37(15-13-36)30-33-10-4-11-34-30/h4,6-11,16,18-19,35H,3,5,12-15,17H2,1-2H3,(H,40,41). The summed E-state index contributed by atoms with van der Waals surface area (Å²) in [6.45, 7) is 6.99. The molecule has 0 bridgehead atoms. The molecule has 214 valence electrons. The quantitative estimate of drug-likeness (QED) is 0.290. The van der Waals surface area contributed by atoms with E-state index in [4.69, 9.17) is 11.6 Å². The molecule has 0 radical (unpaired) electrons. The van der Waals surface area contributed by atoms with Crippen molar-refractivity contribution in [3.8, 4) is 5.69 Å². The molecule has 0 amide bonds. The number of hydrogen-bond donors (Lipinski definition) is 2. The van der Waals surface area contributed by atoms with E-state index in [9.17, 15) is 14.7 Å². The predicted molar refractivity (Wildman–Crippen MR) is 159 cm³/mol. The second-order valence-electron chi connectivity index (χ2n) is 10.2. The molecule has 1 saturated heterocycles. The van der Waals surface area contributed by atoms with Crippen LogP contribution in [-0.2, 0) is 6.54 Å². The van der Waals surface area contributed by atoms with E-state index in [0.29, 0.717) is 50.4 Å². The van der Waals surface area contributed by atoms with Crippen LogP contribution < -0.4 is 20.5 Å². The van der Waals surface area contributed by atoms with Crippen LogP contribution in [0.1, 0.15) is 42.6 Å². The maximum absolute atomic E-state index is 15.6. The normalized spacial score (nSPS) is 14.4. The first-order valence-electron chi connectivity index (χ1n) is 13.7. The highest BCUT2D eigenvalue weighted by Gasteiger charge is 2.27. The van der Waals surface area contributed by atoms with Crippen LogP contribution in [0.5, 0.6) is 0 Å². The van der Waals surface area contributed by atoms with Crippen molar-refractivity contribution in [3.63, 3.8) is 0 Å². The number of nitrogens with zero attached hydrogens (tertiary/aromatic N) is 5. The van der Waals surface area contributed by atoms with Crippen molar-refractivity contribution in [3.05, 3.63) is 87.2 Å². The van der Waals surface area contributed by atoms with Crippen molar-refractivity contribution < 1.29 is 14.3 Å². The summed E-state index contributed by atoms with van der Waals surface area (Å²) in [4.78, 5) is 37.5. The molecule has 1 atom stereocenters. The molecule has 9 nitrogen and oxygen atoms in total. The molecule has 1 aliphatic rings. The lowest BCUT2D eigenvalue weighted by atomic mass is 10.1. The largest absolute Gasteiger partial charge is 0.477 e. The number of rotatable bonds is 9. The molecule has 2 aromatic heterocycles. The van der Waals surface area contributed by atoms with E-state index in [1.807, 2.05) is 34.1 Å². The fourth-order valence-corrected chi connectivity index (χ4v) is 5.64. The summed E-state index contributed by atoms with van der Waals surface area (Å²) in [5.41, 5.74) is 0.847. The van der Waals surface area contributed by atoms with Crippen LogP contribution in [0.3, 0.4) is 0 Å². The van der Waals surface area contributed by atoms with Gasteiger partial charge in [-0.3, -0.25) is 4.79 Å². The van der Waals surface area contributed by atoms with Gasteiger partial charge in [-0.2, -0.15) is 0 Å². The van der Waals surface area contributed by atoms with Crippen LogP contribution in [0, 0.1) is 5.82 Å². The van der Waals surface area contributed by atoms with E-state index >= 15 is 4.39 Å². The minimum Gasteiger partial charge on any atom is -0.477 e. The number of aromatic carboxylic acids is 1. The van der Waals surface area contributed by atoms with Crippen molar-refractivity contribution >= 4 is 40.1 Å². The Kier molecular flexibility index (Phi) is 8.51. The number of pyridine rings is 1. The Morgan fingerprint density at radius 2 is 1.78 bits per heavy atom. The van der Waals surface area contributed by atoms with Crippen molar-refractivity contribution in [2.45, 2.75) is 39.3 Å². The SMILES string of the molecule is CCCC(C)NCc1ccc(-n2cc(C(=O)O)c(=O)c3cc(F)c(N4CCN(c5ncccn5)CC4)c(Cl)c32)cc1. The van der Waals surface area contributed by atoms with Gasteiger partial charge in [-0.05, 0) is 43.2 Å². The minimum atomic E-state index is -1.39. The molecule has 0 spiro atoms. The summed E-state index contributed by atoms with van der Waals surface area (Å²) in [5.74, 6) is -1.47. The minimum absolute atomic E-state index is 0.0533. The van der Waals surface area contributed by atoms with E-state index in [1.165, 1.54) is 6.20 Å². The first-order valence-corrected chi connectivity index (χ1v) is 14.1. The first-order chi connectivity index (χ1) is 19.8. The van der Waals surface area contributed by atoms with Gasteiger partial charge in [0.05, 0.1) is 21.6 Å². The van der Waals surface area contributed by atoms with E-state index in [1.54, 1.807) is 23.0 Å². The fraction of sp³-hybridized carbons (Fsp3) is 0.333. The Hall–Kier alpha value is -4.02. The molecule has 1 aliphatic heterocycles. The van der Waals surface area contributed by atoms with Crippen molar-refractivity contribution in [1.29, 1.82) is 0 Å². The van der Waals surface area contributed by atoms with Gasteiger partial charge in [0.1, 0.15) is 11.4 Å². The number of halogens is 2. The summed E-state index contributed by atoms with van der Waals surface area (Å²) in [6, 6.07) is 10.8. The van der Waals surface area contributed by atoms with Gasteiger partial charge in [0, 0.05) is 63.0 Å². The lowest BCUT2D eigenvalue weighted by molar-refractivity contribution is 0.0695. The van der Waals surface area contributed by atoms with E-state index in [0.717, 1.165) is 24.5 Å². The topological polar surface area (TPSA) is 104 Å². The number of carbonyl (C=O) groups is 1. The number of benzene rings is 2. The molecule has 2 N–H and O–H groups in total. The van der Waals surface area contributed by atoms with Crippen molar-refractivity contribution in [1.82, 2.24) is 19.9 Å². The van der Waals surface area contributed by atoms with Crippen LogP contribution in [-0.4, -0.2) is 57.8 Å². The Morgan fingerprint density at radius 1 is 1.12 bits per heavy atom. The summed E-state index contributed by atoms with van der Waals surface area (Å²) in [5, 5.41) is 13.2. The molecule has 41 heavy (non-hydrogen) atoms. The van der Waals surface area contributed by atoms with E-state index < -0.39 is 22.8 Å². The molecule has 1 unspecified atom stereocenters. The summed E-state index contributed by atoms with van der Waals surface area (Å²) < 4.78 is 17.2. The summed E-state index contributed by atoms with van der Waals surface area (Å²) >= 11 is 6.90. The molecule has 5 rings (SSSR count). The third-order valence-corrected chi connectivity index (χ3v) is 7.77. The van der Waals surface area contributed by atoms with Gasteiger partial charge in [0.25, 0.3) is 0 Å². The predicted octanol–water partition coefficient (Wildman–Crippen LogP) is 4.88. The van der Waals surface area contributed by atoms with Gasteiger partial charge >= 0.3 is 5.97 Å². The van der Waals surface area contributed by atoms with E-state index in [-0.39, 0.29) is 21.6 Å². The zero-order chi connectivity index (χ0) is 29.1. The Labute approximate surface area is 242 Å². The third kappa shape index (κ3) is 5.89. The average molecular weight is 579 g/mol. The van der Waals surface area contributed by atoms with Crippen molar-refractivity contribution in [2.75, 3.05) is 36.0 Å². The number of hydrogen-bond acceptors (Lipinski definition) is 7. The summed E-state index contributed by atoms with van der Waals surface area (Å²) in [6.07, 6.45) is 6.79. The van der Waals surface area contributed by atoms with Gasteiger partial charge in [0.15, 0.2) is 0 Å². The first kappa shape index (κ1) is 28.5. The molecular formula is C30H32ClFN6O3. The molecule has 4 aromatic rings. The molecular weight excluding hydrogens is 547 g/mol. The van der Waals surface area contributed by atoms with Crippen LogP contribution in [0.2, 0.25) is 5.02 Å². The summed E-state index contributed by atoms with van der Waals surface area (Å²) in [7, 11) is 0. The number of nitrogens with one attached hydrogen (secondary N) is 1. The molecule has 1 fully saturated rings. The van der Waals surface area contributed by atoms with Crippen molar-refractivity contribution in [2.24, 2.45) is 0 Å². The Morgan fingerprint density at radius 3 is 2.41 bits per heavy atom. The van der Waals surface area contributed by atoms with Crippen LogP contribution in [0.15, 0.2) is 59.8 Å².